The van der Waals surface area contributed by atoms with E-state index >= 15 is 0 Å². The van der Waals surface area contributed by atoms with Gasteiger partial charge in [-0.1, -0.05) is 29.3 Å². The molecule has 0 saturated carbocycles. The normalized spacial score (nSPS) is 17.3. The SMILES string of the molecule is Cc1ccnc(NC2CCc3c2ccc(Cl)c3Cl)n1. The summed E-state index contributed by atoms with van der Waals surface area (Å²) in [6, 6.07) is 5.96. The van der Waals surface area contributed by atoms with E-state index < -0.39 is 0 Å². The summed E-state index contributed by atoms with van der Waals surface area (Å²) in [6.45, 7) is 1.95. The molecule has 0 fully saturated rings. The summed E-state index contributed by atoms with van der Waals surface area (Å²) in [4.78, 5) is 8.60. The van der Waals surface area contributed by atoms with Gasteiger partial charge < -0.3 is 5.32 Å². The maximum atomic E-state index is 6.24. The highest BCUT2D eigenvalue weighted by molar-refractivity contribution is 6.42. The number of hydrogen-bond acceptors (Lipinski definition) is 3. The molecule has 0 bridgehead atoms. The highest BCUT2D eigenvalue weighted by Gasteiger charge is 2.25. The quantitative estimate of drug-likeness (QED) is 0.902. The second-order valence-electron chi connectivity index (χ2n) is 4.69. The largest absolute Gasteiger partial charge is 0.347 e. The molecule has 0 radical (unpaired) electrons. The number of benzene rings is 1. The molecule has 1 N–H and O–H groups in total. The van der Waals surface area contributed by atoms with Gasteiger partial charge in [0.05, 0.1) is 16.1 Å². The van der Waals surface area contributed by atoms with Crippen LogP contribution in [0.2, 0.25) is 10.0 Å². The van der Waals surface area contributed by atoms with E-state index in [1.54, 1.807) is 6.20 Å². The molecule has 0 amide bonds. The molecule has 0 saturated heterocycles. The van der Waals surface area contributed by atoms with Crippen molar-refractivity contribution in [3.8, 4) is 0 Å². The van der Waals surface area contributed by atoms with Gasteiger partial charge in [0, 0.05) is 11.9 Å². The maximum Gasteiger partial charge on any atom is 0.223 e. The Morgan fingerprint density at radius 3 is 2.89 bits per heavy atom. The van der Waals surface area contributed by atoms with Crippen LogP contribution >= 0.6 is 23.2 Å². The number of fused-ring (bicyclic) bond motifs is 1. The molecule has 98 valence electrons. The topological polar surface area (TPSA) is 37.8 Å². The monoisotopic (exact) mass is 293 g/mol. The van der Waals surface area contributed by atoms with E-state index in [4.69, 9.17) is 23.2 Å². The number of aromatic nitrogens is 2. The average Bonchev–Trinajstić information content (AvgIpc) is 2.78. The van der Waals surface area contributed by atoms with Crippen LogP contribution in [0.5, 0.6) is 0 Å². The minimum atomic E-state index is 0.201. The summed E-state index contributed by atoms with van der Waals surface area (Å²) in [7, 11) is 0. The number of rotatable bonds is 2. The first-order chi connectivity index (χ1) is 9.15. The Balaban J connectivity index is 1.89. The molecule has 2 aromatic rings. The van der Waals surface area contributed by atoms with Crippen molar-refractivity contribution in [2.24, 2.45) is 0 Å². The second-order valence-corrected chi connectivity index (χ2v) is 5.47. The van der Waals surface area contributed by atoms with Gasteiger partial charge in [-0.05, 0) is 43.0 Å². The van der Waals surface area contributed by atoms with E-state index in [1.165, 1.54) is 5.56 Å². The molecule has 3 rings (SSSR count). The molecule has 3 nitrogen and oxygen atoms in total. The van der Waals surface area contributed by atoms with Crippen molar-refractivity contribution in [2.75, 3.05) is 5.32 Å². The third-order valence-corrected chi connectivity index (χ3v) is 4.23. The molecular weight excluding hydrogens is 281 g/mol. The highest BCUT2D eigenvalue weighted by atomic mass is 35.5. The van der Waals surface area contributed by atoms with Crippen LogP contribution in [0.1, 0.15) is 29.3 Å². The van der Waals surface area contributed by atoms with Gasteiger partial charge >= 0.3 is 0 Å². The lowest BCUT2D eigenvalue weighted by molar-refractivity contribution is 0.750. The Bertz CT molecular complexity index is 628. The van der Waals surface area contributed by atoms with Crippen LogP contribution < -0.4 is 5.32 Å². The third kappa shape index (κ3) is 2.40. The van der Waals surface area contributed by atoms with Crippen molar-refractivity contribution < 1.29 is 0 Å². The maximum absolute atomic E-state index is 6.24. The standard InChI is InChI=1S/C14H13Cl2N3/c1-8-6-7-17-14(18-8)19-12-5-3-10-9(12)2-4-11(15)13(10)16/h2,4,6-7,12H,3,5H2,1H3,(H,17,18,19). The zero-order valence-corrected chi connectivity index (χ0v) is 12.0. The minimum absolute atomic E-state index is 0.201. The zero-order valence-electron chi connectivity index (χ0n) is 10.5. The first-order valence-corrected chi connectivity index (χ1v) is 6.93. The molecule has 1 aromatic heterocycles. The molecule has 5 heteroatoms. The van der Waals surface area contributed by atoms with Crippen LogP contribution in [0.3, 0.4) is 0 Å². The second kappa shape index (κ2) is 4.99. The van der Waals surface area contributed by atoms with E-state index in [0.29, 0.717) is 16.0 Å². The molecular formula is C14H13Cl2N3. The molecule has 1 unspecified atom stereocenters. The van der Waals surface area contributed by atoms with Gasteiger partial charge in [-0.2, -0.15) is 0 Å². The first kappa shape index (κ1) is 12.7. The summed E-state index contributed by atoms with van der Waals surface area (Å²) >= 11 is 12.3. The van der Waals surface area contributed by atoms with Crippen LogP contribution in [0.15, 0.2) is 24.4 Å². The molecule has 19 heavy (non-hydrogen) atoms. The number of nitrogens with one attached hydrogen (secondary N) is 1. The van der Waals surface area contributed by atoms with Gasteiger partial charge in [-0.3, -0.25) is 0 Å². The van der Waals surface area contributed by atoms with Crippen molar-refractivity contribution in [1.29, 1.82) is 0 Å². The van der Waals surface area contributed by atoms with Gasteiger partial charge in [0.2, 0.25) is 5.95 Å². The lowest BCUT2D eigenvalue weighted by atomic mass is 10.1. The van der Waals surface area contributed by atoms with E-state index in [0.717, 1.165) is 24.1 Å². The molecule has 1 aromatic carbocycles. The van der Waals surface area contributed by atoms with Crippen molar-refractivity contribution in [3.63, 3.8) is 0 Å². The number of nitrogens with zero attached hydrogens (tertiary/aromatic N) is 2. The lowest BCUT2D eigenvalue weighted by Crippen LogP contribution is -2.10. The Labute approximate surface area is 122 Å². The summed E-state index contributed by atoms with van der Waals surface area (Å²) in [5.74, 6) is 0.656. The number of halogens is 2. The first-order valence-electron chi connectivity index (χ1n) is 6.18. The molecule has 1 aliphatic rings. The van der Waals surface area contributed by atoms with Gasteiger partial charge in [-0.15, -0.1) is 0 Å². The predicted molar refractivity (Wildman–Crippen MR) is 77.9 cm³/mol. The van der Waals surface area contributed by atoms with Gasteiger partial charge in [0.1, 0.15) is 0 Å². The summed E-state index contributed by atoms with van der Waals surface area (Å²) in [5.41, 5.74) is 3.28. The highest BCUT2D eigenvalue weighted by Crippen LogP contribution is 2.40. The summed E-state index contributed by atoms with van der Waals surface area (Å²) < 4.78 is 0. The van der Waals surface area contributed by atoms with Crippen LogP contribution in [0.4, 0.5) is 5.95 Å². The fourth-order valence-electron chi connectivity index (χ4n) is 2.46. The fourth-order valence-corrected chi connectivity index (χ4v) is 2.90. The van der Waals surface area contributed by atoms with Crippen molar-refractivity contribution in [1.82, 2.24) is 9.97 Å². The van der Waals surface area contributed by atoms with Crippen LogP contribution in [-0.2, 0) is 6.42 Å². The predicted octanol–water partition coefficient (Wildman–Crippen LogP) is 4.19. The number of hydrogen-bond donors (Lipinski definition) is 1. The smallest absolute Gasteiger partial charge is 0.223 e. The lowest BCUT2D eigenvalue weighted by Gasteiger charge is -2.14. The zero-order chi connectivity index (χ0) is 13.4. The van der Waals surface area contributed by atoms with Gasteiger partial charge in [-0.25, -0.2) is 9.97 Å². The van der Waals surface area contributed by atoms with E-state index in [2.05, 4.69) is 15.3 Å². The Kier molecular flexibility index (Phi) is 3.33. The Morgan fingerprint density at radius 1 is 1.26 bits per heavy atom. The van der Waals surface area contributed by atoms with E-state index in [9.17, 15) is 0 Å². The van der Waals surface area contributed by atoms with Crippen molar-refractivity contribution in [2.45, 2.75) is 25.8 Å². The third-order valence-electron chi connectivity index (χ3n) is 3.39. The minimum Gasteiger partial charge on any atom is -0.347 e. The summed E-state index contributed by atoms with van der Waals surface area (Å²) in [6.07, 6.45) is 3.67. The number of anilines is 1. The molecule has 1 aliphatic carbocycles. The average molecular weight is 294 g/mol. The van der Waals surface area contributed by atoms with Crippen LogP contribution in [0, 0.1) is 6.92 Å². The fraction of sp³-hybridized carbons (Fsp3) is 0.286. The Hall–Kier alpha value is -1.32. The van der Waals surface area contributed by atoms with E-state index in [-0.39, 0.29) is 6.04 Å². The molecule has 1 heterocycles. The molecule has 1 atom stereocenters. The number of aryl methyl sites for hydroxylation is 1. The van der Waals surface area contributed by atoms with Crippen molar-refractivity contribution in [3.05, 3.63) is 51.3 Å². The van der Waals surface area contributed by atoms with Gasteiger partial charge in [0.25, 0.3) is 0 Å². The Morgan fingerprint density at radius 2 is 2.11 bits per heavy atom. The van der Waals surface area contributed by atoms with Gasteiger partial charge in [0.15, 0.2) is 0 Å². The van der Waals surface area contributed by atoms with E-state index in [1.807, 2.05) is 25.1 Å². The molecule has 0 spiro atoms. The van der Waals surface area contributed by atoms with Crippen LogP contribution in [0.25, 0.3) is 0 Å². The van der Waals surface area contributed by atoms with Crippen molar-refractivity contribution >= 4 is 29.2 Å². The molecule has 0 aliphatic heterocycles. The van der Waals surface area contributed by atoms with Crippen LogP contribution in [-0.4, -0.2) is 9.97 Å². The summed E-state index contributed by atoms with van der Waals surface area (Å²) in [5, 5.41) is 4.65.